The molecule has 1 N–H and O–H groups in total. The summed E-state index contributed by atoms with van der Waals surface area (Å²) in [4.78, 5) is 24.1. The van der Waals surface area contributed by atoms with E-state index in [0.29, 0.717) is 17.0 Å². The number of esters is 1. The summed E-state index contributed by atoms with van der Waals surface area (Å²) in [7, 11) is 2.83. The molecule has 0 aliphatic carbocycles. The summed E-state index contributed by atoms with van der Waals surface area (Å²) in [5, 5.41) is 2.89. The summed E-state index contributed by atoms with van der Waals surface area (Å²) < 4.78 is 9.80. The van der Waals surface area contributed by atoms with Gasteiger partial charge in [-0.3, -0.25) is 4.79 Å². The maximum atomic E-state index is 12.2. The van der Waals surface area contributed by atoms with Crippen LogP contribution in [0, 0.1) is 0 Å². The minimum Gasteiger partial charge on any atom is -0.497 e. The number of allylic oxidation sites excluding steroid dienone is 1. The highest BCUT2D eigenvalue weighted by atomic mass is 16.5. The van der Waals surface area contributed by atoms with Gasteiger partial charge < -0.3 is 14.8 Å². The van der Waals surface area contributed by atoms with Crippen molar-refractivity contribution in [3.05, 3.63) is 71.9 Å². The first-order valence-corrected chi connectivity index (χ1v) is 6.94. The van der Waals surface area contributed by atoms with Crippen LogP contribution in [0.25, 0.3) is 0 Å². The largest absolute Gasteiger partial charge is 0.497 e. The number of methoxy groups -OCH3 is 2. The van der Waals surface area contributed by atoms with Crippen molar-refractivity contribution in [3.63, 3.8) is 0 Å². The molecule has 0 heterocycles. The molecule has 0 aliphatic rings. The minimum atomic E-state index is -0.620. The predicted molar refractivity (Wildman–Crippen MR) is 87.5 cm³/mol. The van der Waals surface area contributed by atoms with E-state index in [4.69, 9.17) is 9.47 Å². The number of hydrogen-bond acceptors (Lipinski definition) is 5. The van der Waals surface area contributed by atoms with Crippen LogP contribution in [0.2, 0.25) is 0 Å². The smallest absolute Gasteiger partial charge is 0.354 e. The van der Waals surface area contributed by atoms with Gasteiger partial charge in [-0.1, -0.05) is 30.3 Å². The number of benzene rings is 2. The summed E-state index contributed by atoms with van der Waals surface area (Å²) in [5.41, 5.74) is 1.19. The standard InChI is InChI=1S/C18H17NO4/c1-22-15-10-8-14(9-11-15)19-16(18(21)23-2)12-17(20)13-6-4-3-5-7-13/h3-12,19H,1-2H3/b16-12-. The lowest BCUT2D eigenvalue weighted by molar-refractivity contribution is -0.135. The second kappa shape index (κ2) is 7.79. The van der Waals surface area contributed by atoms with Gasteiger partial charge in [-0.25, -0.2) is 4.79 Å². The van der Waals surface area contributed by atoms with E-state index in [1.54, 1.807) is 55.6 Å². The SMILES string of the molecule is COC(=O)/C(=C/C(=O)c1ccccc1)Nc1ccc(OC)cc1. The third-order valence-electron chi connectivity index (χ3n) is 3.11. The van der Waals surface area contributed by atoms with Crippen LogP contribution in [0.1, 0.15) is 10.4 Å². The third-order valence-corrected chi connectivity index (χ3v) is 3.11. The average molecular weight is 311 g/mol. The van der Waals surface area contributed by atoms with Crippen molar-refractivity contribution in [2.75, 3.05) is 19.5 Å². The summed E-state index contributed by atoms with van der Waals surface area (Å²) in [5.74, 6) is -0.211. The highest BCUT2D eigenvalue weighted by Crippen LogP contribution is 2.17. The first-order chi connectivity index (χ1) is 11.1. The van der Waals surface area contributed by atoms with E-state index in [9.17, 15) is 9.59 Å². The Morgan fingerprint density at radius 1 is 0.957 bits per heavy atom. The molecule has 0 spiro atoms. The second-order valence-electron chi connectivity index (χ2n) is 4.63. The van der Waals surface area contributed by atoms with Crippen molar-refractivity contribution in [1.29, 1.82) is 0 Å². The van der Waals surface area contributed by atoms with E-state index in [1.807, 2.05) is 6.07 Å². The minimum absolute atomic E-state index is 0.0616. The Hall–Kier alpha value is -3.08. The number of ether oxygens (including phenoxy) is 2. The molecule has 0 atom stereocenters. The van der Waals surface area contributed by atoms with Gasteiger partial charge in [0.2, 0.25) is 0 Å². The van der Waals surface area contributed by atoms with E-state index >= 15 is 0 Å². The van der Waals surface area contributed by atoms with Crippen LogP contribution < -0.4 is 10.1 Å². The molecule has 0 fully saturated rings. The zero-order valence-electron chi connectivity index (χ0n) is 12.9. The van der Waals surface area contributed by atoms with Crippen molar-refractivity contribution in [2.24, 2.45) is 0 Å². The van der Waals surface area contributed by atoms with Gasteiger partial charge in [0.05, 0.1) is 14.2 Å². The second-order valence-corrected chi connectivity index (χ2v) is 4.63. The number of carbonyl (C=O) groups excluding carboxylic acids is 2. The van der Waals surface area contributed by atoms with Gasteiger partial charge in [0, 0.05) is 17.3 Å². The normalized spacial score (nSPS) is 10.8. The number of nitrogens with one attached hydrogen (secondary N) is 1. The molecule has 2 aromatic carbocycles. The van der Waals surface area contributed by atoms with Crippen molar-refractivity contribution < 1.29 is 19.1 Å². The molecule has 0 saturated carbocycles. The Balaban J connectivity index is 2.24. The Bertz CT molecular complexity index is 706. The fourth-order valence-electron chi connectivity index (χ4n) is 1.90. The third kappa shape index (κ3) is 4.44. The number of hydrogen-bond donors (Lipinski definition) is 1. The molecule has 0 amide bonds. The lowest BCUT2D eigenvalue weighted by Crippen LogP contribution is -2.15. The summed E-state index contributed by atoms with van der Waals surface area (Å²) in [6.07, 6.45) is 1.23. The van der Waals surface area contributed by atoms with Gasteiger partial charge in [0.15, 0.2) is 5.78 Å². The highest BCUT2D eigenvalue weighted by Gasteiger charge is 2.13. The van der Waals surface area contributed by atoms with Crippen molar-refractivity contribution in [3.8, 4) is 5.75 Å². The number of rotatable bonds is 6. The molecule has 2 aromatic rings. The molecule has 5 heteroatoms. The Morgan fingerprint density at radius 3 is 2.17 bits per heavy atom. The fourth-order valence-corrected chi connectivity index (χ4v) is 1.90. The van der Waals surface area contributed by atoms with Gasteiger partial charge in [-0.05, 0) is 24.3 Å². The Morgan fingerprint density at radius 2 is 1.61 bits per heavy atom. The first kappa shape index (κ1) is 16.3. The molecule has 0 aliphatic heterocycles. The van der Waals surface area contributed by atoms with Gasteiger partial charge in [-0.2, -0.15) is 0 Å². The van der Waals surface area contributed by atoms with Crippen molar-refractivity contribution in [1.82, 2.24) is 0 Å². The average Bonchev–Trinajstić information content (AvgIpc) is 2.61. The molecular weight excluding hydrogens is 294 g/mol. The number of ketones is 1. The Kier molecular flexibility index (Phi) is 5.52. The van der Waals surface area contributed by atoms with Crippen LogP contribution in [0.4, 0.5) is 5.69 Å². The van der Waals surface area contributed by atoms with Crippen LogP contribution in [0.3, 0.4) is 0 Å². The molecule has 0 radical (unpaired) electrons. The van der Waals surface area contributed by atoms with Gasteiger partial charge in [0.25, 0.3) is 0 Å². The van der Waals surface area contributed by atoms with Gasteiger partial charge in [0.1, 0.15) is 11.4 Å². The van der Waals surface area contributed by atoms with Crippen LogP contribution in [-0.4, -0.2) is 26.0 Å². The molecular formula is C18H17NO4. The summed E-state index contributed by atoms with van der Waals surface area (Å²) in [6.45, 7) is 0. The number of carbonyl (C=O) groups is 2. The van der Waals surface area contributed by atoms with E-state index in [-0.39, 0.29) is 11.5 Å². The molecule has 0 unspecified atom stereocenters. The van der Waals surface area contributed by atoms with Gasteiger partial charge >= 0.3 is 5.97 Å². The van der Waals surface area contributed by atoms with Crippen LogP contribution in [0.5, 0.6) is 5.75 Å². The molecule has 23 heavy (non-hydrogen) atoms. The van der Waals surface area contributed by atoms with Gasteiger partial charge in [-0.15, -0.1) is 0 Å². The zero-order valence-corrected chi connectivity index (χ0v) is 12.9. The zero-order chi connectivity index (χ0) is 16.7. The van der Waals surface area contributed by atoms with E-state index < -0.39 is 5.97 Å². The van der Waals surface area contributed by atoms with E-state index in [1.165, 1.54) is 13.2 Å². The topological polar surface area (TPSA) is 64.6 Å². The fraction of sp³-hybridized carbons (Fsp3) is 0.111. The monoisotopic (exact) mass is 311 g/mol. The maximum absolute atomic E-state index is 12.2. The van der Waals surface area contributed by atoms with Crippen molar-refractivity contribution in [2.45, 2.75) is 0 Å². The lowest BCUT2D eigenvalue weighted by atomic mass is 10.1. The van der Waals surface area contributed by atoms with Crippen LogP contribution >= 0.6 is 0 Å². The Labute approximate surface area is 134 Å². The summed E-state index contributed by atoms with van der Waals surface area (Å²) >= 11 is 0. The summed E-state index contributed by atoms with van der Waals surface area (Å²) in [6, 6.07) is 15.7. The van der Waals surface area contributed by atoms with E-state index in [0.717, 1.165) is 0 Å². The quantitative estimate of drug-likeness (QED) is 0.504. The molecule has 5 nitrogen and oxygen atoms in total. The lowest BCUT2D eigenvalue weighted by Gasteiger charge is -2.10. The van der Waals surface area contributed by atoms with Crippen molar-refractivity contribution >= 4 is 17.4 Å². The van der Waals surface area contributed by atoms with E-state index in [2.05, 4.69) is 5.32 Å². The number of anilines is 1. The predicted octanol–water partition coefficient (Wildman–Crippen LogP) is 3.05. The molecule has 118 valence electrons. The molecule has 0 aromatic heterocycles. The van der Waals surface area contributed by atoms with Crippen LogP contribution in [0.15, 0.2) is 66.4 Å². The molecule has 0 bridgehead atoms. The highest BCUT2D eigenvalue weighted by molar-refractivity contribution is 6.09. The maximum Gasteiger partial charge on any atom is 0.354 e. The molecule has 0 saturated heterocycles. The van der Waals surface area contributed by atoms with Crippen LogP contribution in [-0.2, 0) is 9.53 Å². The molecule has 2 rings (SSSR count). The first-order valence-electron chi connectivity index (χ1n) is 6.94.